The summed E-state index contributed by atoms with van der Waals surface area (Å²) in [5.41, 5.74) is -1.11. The molecule has 0 saturated carbocycles. The quantitative estimate of drug-likeness (QED) is 0.288. The summed E-state index contributed by atoms with van der Waals surface area (Å²) < 4.78 is 44.7. The number of unbranched alkanes of at least 4 members (excludes halogenated alkanes) is 2. The highest BCUT2D eigenvalue weighted by Crippen LogP contribution is 2.36. The molecule has 9 heteroatoms. The molecule has 1 N–H and O–H groups in total. The van der Waals surface area contributed by atoms with Gasteiger partial charge < -0.3 is 14.7 Å². The summed E-state index contributed by atoms with van der Waals surface area (Å²) in [6.45, 7) is 0.360. The molecule has 0 atom stereocenters. The van der Waals surface area contributed by atoms with E-state index in [4.69, 9.17) is 32.8 Å². The van der Waals surface area contributed by atoms with E-state index >= 15 is 0 Å². The summed E-state index contributed by atoms with van der Waals surface area (Å²) >= 11 is 11.9. The summed E-state index contributed by atoms with van der Waals surface area (Å²) in [5, 5.41) is 13.0. The predicted molar refractivity (Wildman–Crippen MR) is 102 cm³/mol. The number of benzene rings is 2. The van der Waals surface area contributed by atoms with Crippen LogP contribution in [-0.2, 0) is 4.84 Å². The fraction of sp³-hybridized carbons (Fsp3) is 0.316. The summed E-state index contributed by atoms with van der Waals surface area (Å²) in [7, 11) is 0. The first kappa shape index (κ1) is 22.2. The van der Waals surface area contributed by atoms with E-state index in [1.54, 1.807) is 6.07 Å². The van der Waals surface area contributed by atoms with Gasteiger partial charge in [-0.05, 0) is 19.3 Å². The lowest BCUT2D eigenvalue weighted by Gasteiger charge is -2.11. The van der Waals surface area contributed by atoms with Crippen LogP contribution in [0.3, 0.4) is 0 Å². The van der Waals surface area contributed by atoms with Crippen molar-refractivity contribution in [2.75, 3.05) is 13.2 Å². The van der Waals surface area contributed by atoms with Crippen LogP contribution in [-0.4, -0.2) is 30.2 Å². The van der Waals surface area contributed by atoms with Crippen molar-refractivity contribution in [3.8, 4) is 11.5 Å². The summed E-state index contributed by atoms with van der Waals surface area (Å²) in [4.78, 5) is 4.85. The van der Waals surface area contributed by atoms with Crippen LogP contribution in [0.5, 0.6) is 11.5 Å². The number of nitrogens with zero attached hydrogens (tertiary/aromatic N) is 1. The Balaban J connectivity index is 1.73. The van der Waals surface area contributed by atoms with Crippen molar-refractivity contribution in [1.82, 2.24) is 0 Å². The van der Waals surface area contributed by atoms with Crippen molar-refractivity contribution < 1.29 is 27.9 Å². The lowest BCUT2D eigenvalue weighted by molar-refractivity contribution is -0.0615. The number of halogens is 5. The first-order valence-corrected chi connectivity index (χ1v) is 9.18. The van der Waals surface area contributed by atoms with E-state index in [1.807, 2.05) is 0 Å². The van der Waals surface area contributed by atoms with Crippen LogP contribution >= 0.6 is 23.2 Å². The van der Waals surface area contributed by atoms with Crippen LogP contribution in [0.2, 0.25) is 10.0 Å². The van der Waals surface area contributed by atoms with Crippen LogP contribution < -0.4 is 4.74 Å². The number of aromatic hydroxyl groups is 1. The third-order valence-electron chi connectivity index (χ3n) is 3.58. The van der Waals surface area contributed by atoms with E-state index in [0.29, 0.717) is 25.9 Å². The fourth-order valence-electron chi connectivity index (χ4n) is 2.28. The monoisotopic (exact) mass is 435 g/mol. The maximum absolute atomic E-state index is 13.1. The molecule has 2 rings (SSSR count). The molecule has 0 aliphatic heterocycles. The molecular weight excluding hydrogens is 418 g/mol. The first-order chi connectivity index (χ1) is 13.3. The molecular formula is C19H18Cl2F3NO3. The van der Waals surface area contributed by atoms with Gasteiger partial charge in [-0.15, -0.1) is 0 Å². The van der Waals surface area contributed by atoms with Crippen molar-refractivity contribution in [3.05, 3.63) is 58.1 Å². The van der Waals surface area contributed by atoms with Gasteiger partial charge in [-0.1, -0.05) is 58.7 Å². The van der Waals surface area contributed by atoms with Crippen LogP contribution in [0.4, 0.5) is 13.2 Å². The van der Waals surface area contributed by atoms with Crippen LogP contribution in [0, 0.1) is 0 Å². The highest BCUT2D eigenvalue weighted by Gasteiger charge is 2.37. The average molecular weight is 436 g/mol. The summed E-state index contributed by atoms with van der Waals surface area (Å²) in [6.07, 6.45) is -2.83. The zero-order valence-corrected chi connectivity index (χ0v) is 16.2. The number of ether oxygens (including phenoxy) is 1. The molecule has 0 unspecified atom stereocenters. The zero-order chi connectivity index (χ0) is 20.6. The van der Waals surface area contributed by atoms with Gasteiger partial charge in [0.05, 0.1) is 16.7 Å². The maximum atomic E-state index is 13.1. The number of hydrogen-bond acceptors (Lipinski definition) is 4. The Morgan fingerprint density at radius 1 is 0.964 bits per heavy atom. The van der Waals surface area contributed by atoms with Crippen molar-refractivity contribution in [3.63, 3.8) is 0 Å². The predicted octanol–water partition coefficient (Wildman–Crippen LogP) is 6.23. The van der Waals surface area contributed by atoms with Gasteiger partial charge in [-0.3, -0.25) is 0 Å². The van der Waals surface area contributed by atoms with Gasteiger partial charge in [0.15, 0.2) is 11.5 Å². The third kappa shape index (κ3) is 6.80. The Labute approximate surface area is 170 Å². The molecule has 4 nitrogen and oxygen atoms in total. The van der Waals surface area contributed by atoms with Crippen LogP contribution in [0.1, 0.15) is 24.8 Å². The highest BCUT2D eigenvalue weighted by atomic mass is 35.5. The number of phenolic OH excluding ortho intramolecular Hbond substituents is 1. The van der Waals surface area contributed by atoms with Crippen molar-refractivity contribution >= 4 is 28.9 Å². The van der Waals surface area contributed by atoms with E-state index in [1.165, 1.54) is 36.4 Å². The Morgan fingerprint density at radius 2 is 1.57 bits per heavy atom. The molecule has 0 radical (unpaired) electrons. The molecule has 2 aromatic rings. The van der Waals surface area contributed by atoms with Gasteiger partial charge in [-0.2, -0.15) is 13.2 Å². The highest BCUT2D eigenvalue weighted by molar-refractivity contribution is 6.37. The molecule has 28 heavy (non-hydrogen) atoms. The minimum Gasteiger partial charge on any atom is -0.508 e. The van der Waals surface area contributed by atoms with Gasteiger partial charge in [0.2, 0.25) is 0 Å². The Kier molecular flexibility index (Phi) is 8.26. The summed E-state index contributed by atoms with van der Waals surface area (Å²) in [5.74, 6) is 0.216. The molecule has 0 heterocycles. The molecule has 0 bridgehead atoms. The number of oxime groups is 1. The first-order valence-electron chi connectivity index (χ1n) is 8.42. The van der Waals surface area contributed by atoms with Crippen LogP contribution in [0.25, 0.3) is 0 Å². The molecule has 152 valence electrons. The molecule has 0 saturated heterocycles. The average Bonchev–Trinajstić information content (AvgIpc) is 2.61. The minimum atomic E-state index is -4.60. The lowest BCUT2D eigenvalue weighted by Crippen LogP contribution is -2.24. The number of phenols is 1. The SMILES string of the molecule is Oc1cc(Cl)c(OCCCCCON=C(c2ccccc2)C(F)(F)F)c(Cl)c1. The van der Waals surface area contributed by atoms with Gasteiger partial charge in [0.1, 0.15) is 12.4 Å². The fourth-order valence-corrected chi connectivity index (χ4v) is 2.86. The van der Waals surface area contributed by atoms with E-state index < -0.39 is 11.9 Å². The minimum absolute atomic E-state index is 0.0487. The Morgan fingerprint density at radius 3 is 2.18 bits per heavy atom. The van der Waals surface area contributed by atoms with Crippen molar-refractivity contribution in [2.24, 2.45) is 5.16 Å². The molecule has 0 amide bonds. The molecule has 0 aliphatic rings. The second-order valence-corrected chi connectivity index (χ2v) is 6.60. The molecule has 0 spiro atoms. The van der Waals surface area contributed by atoms with E-state index in [0.717, 1.165) is 0 Å². The maximum Gasteiger partial charge on any atom is 0.437 e. The van der Waals surface area contributed by atoms with Crippen molar-refractivity contribution in [1.29, 1.82) is 0 Å². The molecule has 0 aromatic heterocycles. The van der Waals surface area contributed by atoms with Crippen molar-refractivity contribution in [2.45, 2.75) is 25.4 Å². The Hall–Kier alpha value is -2.12. The molecule has 0 fully saturated rings. The van der Waals surface area contributed by atoms with E-state index in [2.05, 4.69) is 5.16 Å². The van der Waals surface area contributed by atoms with Gasteiger partial charge >= 0.3 is 6.18 Å². The normalized spacial score (nSPS) is 12.1. The number of hydrogen-bond donors (Lipinski definition) is 1. The lowest BCUT2D eigenvalue weighted by atomic mass is 10.1. The molecule has 0 aliphatic carbocycles. The second kappa shape index (κ2) is 10.4. The van der Waals surface area contributed by atoms with Gasteiger partial charge in [0.25, 0.3) is 0 Å². The standard InChI is InChI=1S/C19H18Cl2F3NO3/c20-15-11-14(26)12-16(21)17(15)27-9-5-2-6-10-28-25-18(19(22,23)24)13-7-3-1-4-8-13/h1,3-4,7-8,11-12,26H,2,5-6,9-10H2. The smallest absolute Gasteiger partial charge is 0.437 e. The zero-order valence-electron chi connectivity index (χ0n) is 14.7. The van der Waals surface area contributed by atoms with Crippen LogP contribution in [0.15, 0.2) is 47.6 Å². The number of rotatable bonds is 9. The molecule has 2 aromatic carbocycles. The number of alkyl halides is 3. The third-order valence-corrected chi connectivity index (χ3v) is 4.14. The Bertz CT molecular complexity index is 776. The second-order valence-electron chi connectivity index (χ2n) is 5.78. The van der Waals surface area contributed by atoms with Gasteiger partial charge in [0, 0.05) is 17.7 Å². The topological polar surface area (TPSA) is 51.0 Å². The van der Waals surface area contributed by atoms with Gasteiger partial charge in [-0.25, -0.2) is 0 Å². The summed E-state index contributed by atoms with van der Waals surface area (Å²) in [6, 6.07) is 9.92. The van der Waals surface area contributed by atoms with E-state index in [9.17, 15) is 18.3 Å². The largest absolute Gasteiger partial charge is 0.508 e. The van der Waals surface area contributed by atoms with E-state index in [-0.39, 0.29) is 33.7 Å².